The van der Waals surface area contributed by atoms with Gasteiger partial charge in [-0.1, -0.05) is 23.2 Å². The molecule has 0 aromatic heterocycles. The zero-order chi connectivity index (χ0) is 23.8. The highest BCUT2D eigenvalue weighted by atomic mass is 35.5. The summed E-state index contributed by atoms with van der Waals surface area (Å²) in [5.74, 6) is -8.61. The van der Waals surface area contributed by atoms with Crippen molar-refractivity contribution in [3.05, 3.63) is 58.6 Å². The van der Waals surface area contributed by atoms with Crippen molar-refractivity contribution >= 4 is 46.7 Å². The van der Waals surface area contributed by atoms with Crippen LogP contribution >= 0.6 is 46.7 Å². The fourth-order valence-electron chi connectivity index (χ4n) is 2.69. The van der Waals surface area contributed by atoms with E-state index >= 15 is 0 Å². The van der Waals surface area contributed by atoms with E-state index in [0.717, 1.165) is 23.5 Å². The van der Waals surface area contributed by atoms with Crippen LogP contribution in [-0.2, 0) is 9.47 Å². The van der Waals surface area contributed by atoms with Crippen molar-refractivity contribution in [3.8, 4) is 0 Å². The van der Waals surface area contributed by atoms with Crippen LogP contribution in [0.2, 0.25) is 10.0 Å². The van der Waals surface area contributed by atoms with Crippen LogP contribution in [0.15, 0.2) is 58.3 Å². The SMILES string of the molecule is CCOC(CC(F)(F)C(F)(F)CC(Sc1ccc(Cl)cc1)Sc1ccc(Cl)cc1)OCC. The maximum absolute atomic E-state index is 14.9. The summed E-state index contributed by atoms with van der Waals surface area (Å²) in [7, 11) is 0. The number of alkyl halides is 4. The van der Waals surface area contributed by atoms with Crippen LogP contribution in [0.3, 0.4) is 0 Å². The Kier molecular flexibility index (Phi) is 11.0. The van der Waals surface area contributed by atoms with Crippen molar-refractivity contribution in [1.82, 2.24) is 0 Å². The lowest BCUT2D eigenvalue weighted by Gasteiger charge is -2.31. The Morgan fingerprint density at radius 3 is 1.47 bits per heavy atom. The summed E-state index contributed by atoms with van der Waals surface area (Å²) in [5, 5.41) is 0.983. The Balaban J connectivity index is 2.22. The van der Waals surface area contributed by atoms with E-state index in [0.29, 0.717) is 19.8 Å². The first-order valence-corrected chi connectivity index (χ1v) is 12.4. The second kappa shape index (κ2) is 12.7. The molecular formula is C22H24Cl2F4O2S2. The summed E-state index contributed by atoms with van der Waals surface area (Å²) in [6.45, 7) is 3.33. The monoisotopic (exact) mass is 530 g/mol. The minimum atomic E-state index is -4.32. The Labute approximate surface area is 204 Å². The van der Waals surface area contributed by atoms with E-state index < -0.39 is 35.6 Å². The molecule has 0 amide bonds. The van der Waals surface area contributed by atoms with E-state index in [9.17, 15) is 17.6 Å². The zero-order valence-corrected chi connectivity index (χ0v) is 20.6. The van der Waals surface area contributed by atoms with Crippen LogP contribution in [0.4, 0.5) is 17.6 Å². The standard InChI is InChI=1S/C22H24Cl2F4O2S2/c1-3-29-19(30-4-2)13-21(25,26)22(27,28)14-20(31-17-9-5-15(23)6-10-17)32-18-11-7-16(24)8-12-18/h5-12,19-20H,3-4,13-14H2,1-2H3. The van der Waals surface area contributed by atoms with Gasteiger partial charge in [0.05, 0.1) is 11.0 Å². The van der Waals surface area contributed by atoms with Crippen molar-refractivity contribution in [1.29, 1.82) is 0 Å². The van der Waals surface area contributed by atoms with Crippen LogP contribution in [0.25, 0.3) is 0 Å². The van der Waals surface area contributed by atoms with Crippen LogP contribution in [0.1, 0.15) is 26.7 Å². The van der Waals surface area contributed by atoms with Gasteiger partial charge < -0.3 is 9.47 Å². The molecule has 0 saturated heterocycles. The average molecular weight is 531 g/mol. The van der Waals surface area contributed by atoms with Crippen molar-refractivity contribution in [2.24, 2.45) is 0 Å². The average Bonchev–Trinajstić information content (AvgIpc) is 2.71. The lowest BCUT2D eigenvalue weighted by molar-refractivity contribution is -0.253. The number of hydrogen-bond donors (Lipinski definition) is 0. The highest BCUT2D eigenvalue weighted by Crippen LogP contribution is 2.48. The maximum Gasteiger partial charge on any atom is 0.315 e. The molecule has 0 saturated carbocycles. The van der Waals surface area contributed by atoms with Crippen LogP contribution in [0.5, 0.6) is 0 Å². The van der Waals surface area contributed by atoms with Gasteiger partial charge in [0.1, 0.15) is 0 Å². The van der Waals surface area contributed by atoms with E-state index in [1.54, 1.807) is 62.4 Å². The molecule has 32 heavy (non-hydrogen) atoms. The summed E-state index contributed by atoms with van der Waals surface area (Å²) in [4.78, 5) is 1.28. The highest BCUT2D eigenvalue weighted by molar-refractivity contribution is 8.17. The summed E-state index contributed by atoms with van der Waals surface area (Å²) in [5.41, 5.74) is 0. The molecule has 10 heteroatoms. The molecule has 0 spiro atoms. The second-order valence-electron chi connectivity index (χ2n) is 6.73. The minimum Gasteiger partial charge on any atom is -0.353 e. The Bertz CT molecular complexity index is 770. The van der Waals surface area contributed by atoms with Gasteiger partial charge in [-0.25, -0.2) is 0 Å². The van der Waals surface area contributed by atoms with Crippen molar-refractivity contribution in [2.75, 3.05) is 13.2 Å². The van der Waals surface area contributed by atoms with Gasteiger partial charge in [-0.05, 0) is 62.4 Å². The molecule has 0 aliphatic heterocycles. The zero-order valence-electron chi connectivity index (χ0n) is 17.5. The second-order valence-corrected chi connectivity index (χ2v) is 10.5. The fraction of sp³-hybridized carbons (Fsp3) is 0.455. The number of hydrogen-bond acceptors (Lipinski definition) is 4. The lowest BCUT2D eigenvalue weighted by atomic mass is 10.1. The Morgan fingerprint density at radius 1 is 0.719 bits per heavy atom. The van der Waals surface area contributed by atoms with Gasteiger partial charge in [-0.2, -0.15) is 17.6 Å². The molecule has 0 heterocycles. The third-order valence-electron chi connectivity index (χ3n) is 4.25. The number of benzene rings is 2. The minimum absolute atomic E-state index is 0.0772. The normalized spacial score (nSPS) is 12.7. The van der Waals surface area contributed by atoms with Gasteiger partial charge in [0.25, 0.3) is 0 Å². The predicted octanol–water partition coefficient (Wildman–Crippen LogP) is 8.65. The van der Waals surface area contributed by atoms with Crippen molar-refractivity contribution < 1.29 is 27.0 Å². The number of thioether (sulfide) groups is 2. The maximum atomic E-state index is 14.9. The van der Waals surface area contributed by atoms with E-state index in [-0.39, 0.29) is 13.2 Å². The Hall–Kier alpha value is -0.640. The van der Waals surface area contributed by atoms with Crippen LogP contribution < -0.4 is 0 Å². The molecule has 178 valence electrons. The lowest BCUT2D eigenvalue weighted by Crippen LogP contribution is -2.45. The van der Waals surface area contributed by atoms with Crippen molar-refractivity contribution in [3.63, 3.8) is 0 Å². The van der Waals surface area contributed by atoms with Gasteiger partial charge in [0.15, 0.2) is 6.29 Å². The van der Waals surface area contributed by atoms with Gasteiger partial charge in [0.2, 0.25) is 0 Å². The molecular weight excluding hydrogens is 507 g/mol. The van der Waals surface area contributed by atoms with Crippen LogP contribution in [-0.4, -0.2) is 35.9 Å². The summed E-state index contributed by atoms with van der Waals surface area (Å²) >= 11 is 13.9. The molecule has 2 aromatic carbocycles. The fourth-order valence-corrected chi connectivity index (χ4v) is 5.58. The largest absolute Gasteiger partial charge is 0.353 e. The smallest absolute Gasteiger partial charge is 0.315 e. The highest BCUT2D eigenvalue weighted by Gasteiger charge is 2.58. The van der Waals surface area contributed by atoms with E-state index in [1.807, 2.05) is 0 Å². The van der Waals surface area contributed by atoms with E-state index in [2.05, 4.69) is 0 Å². The molecule has 0 bridgehead atoms. The predicted molar refractivity (Wildman–Crippen MR) is 125 cm³/mol. The molecule has 0 aliphatic rings. The van der Waals surface area contributed by atoms with E-state index in [1.165, 1.54) is 0 Å². The van der Waals surface area contributed by atoms with Gasteiger partial charge in [0, 0.05) is 39.5 Å². The topological polar surface area (TPSA) is 18.5 Å². The number of rotatable bonds is 13. The van der Waals surface area contributed by atoms with Gasteiger partial charge in [-0.15, -0.1) is 23.5 Å². The van der Waals surface area contributed by atoms with Crippen LogP contribution in [0, 0.1) is 0 Å². The molecule has 0 N–H and O–H groups in total. The number of halogens is 6. The Morgan fingerprint density at radius 2 is 1.09 bits per heavy atom. The molecule has 0 aliphatic carbocycles. The summed E-state index contributed by atoms with van der Waals surface area (Å²) in [6, 6.07) is 13.1. The summed E-state index contributed by atoms with van der Waals surface area (Å²) in [6.07, 6.45) is -3.70. The summed E-state index contributed by atoms with van der Waals surface area (Å²) < 4.78 is 68.4. The first-order valence-electron chi connectivity index (χ1n) is 9.89. The third kappa shape index (κ3) is 8.61. The number of ether oxygens (including phenoxy) is 2. The molecule has 2 rings (SSSR count). The van der Waals surface area contributed by atoms with Crippen molar-refractivity contribution in [2.45, 2.75) is 59.2 Å². The molecule has 0 radical (unpaired) electrons. The van der Waals surface area contributed by atoms with Gasteiger partial charge in [-0.3, -0.25) is 0 Å². The molecule has 0 fully saturated rings. The first kappa shape index (κ1) is 27.6. The molecule has 0 atom stereocenters. The van der Waals surface area contributed by atoms with E-state index in [4.69, 9.17) is 32.7 Å². The molecule has 0 unspecified atom stereocenters. The quantitative estimate of drug-likeness (QED) is 0.146. The first-order chi connectivity index (χ1) is 15.1. The molecule has 2 nitrogen and oxygen atoms in total. The molecule has 2 aromatic rings. The van der Waals surface area contributed by atoms with Gasteiger partial charge >= 0.3 is 11.8 Å². The third-order valence-corrected chi connectivity index (χ3v) is 7.28.